The molecule has 0 saturated carbocycles. The molecule has 7 nitrogen and oxygen atoms in total. The number of carbonyl (C=O) groups excluding carboxylic acids is 1. The molecule has 212 valence electrons. The summed E-state index contributed by atoms with van der Waals surface area (Å²) in [6, 6.07) is 7.80. The first-order valence-electron chi connectivity index (χ1n) is 13.4. The van der Waals surface area contributed by atoms with Crippen molar-refractivity contribution in [3.05, 3.63) is 63.4 Å². The molecule has 0 aliphatic carbocycles. The predicted octanol–water partition coefficient (Wildman–Crippen LogP) is 6.98. The number of hydrogen-bond acceptors (Lipinski definition) is 6. The normalized spacial score (nSPS) is 11.6. The topological polar surface area (TPSA) is 87.7 Å². The van der Waals surface area contributed by atoms with E-state index in [2.05, 4.69) is 4.74 Å². The van der Waals surface area contributed by atoms with Crippen molar-refractivity contribution in [3.8, 4) is 16.9 Å². The lowest BCUT2D eigenvalue weighted by molar-refractivity contribution is -0.274. The van der Waals surface area contributed by atoms with E-state index >= 15 is 0 Å². The highest BCUT2D eigenvalue weighted by molar-refractivity contribution is 5.80. The van der Waals surface area contributed by atoms with Crippen molar-refractivity contribution in [2.24, 2.45) is 0 Å². The third-order valence-corrected chi connectivity index (χ3v) is 6.33. The monoisotopic (exact) mass is 549 g/mol. The van der Waals surface area contributed by atoms with Gasteiger partial charge in [-0.25, -0.2) is 4.79 Å². The van der Waals surface area contributed by atoms with Crippen LogP contribution in [0.4, 0.5) is 13.2 Å². The molecular weight excluding hydrogens is 515 g/mol. The first-order valence-corrected chi connectivity index (χ1v) is 13.4. The Morgan fingerprint density at radius 1 is 0.897 bits per heavy atom. The van der Waals surface area contributed by atoms with Gasteiger partial charge in [0, 0.05) is 30.6 Å². The number of nitrogens with zero attached hydrogens (tertiary/aromatic N) is 1. The molecule has 0 atom stereocenters. The van der Waals surface area contributed by atoms with Gasteiger partial charge >= 0.3 is 18.0 Å². The van der Waals surface area contributed by atoms with Gasteiger partial charge in [-0.15, -0.1) is 13.2 Å². The molecule has 0 aliphatic rings. The molecule has 0 unspecified atom stereocenters. The van der Waals surface area contributed by atoms with Crippen LogP contribution in [0.25, 0.3) is 22.1 Å². The number of hydrogen-bond donors (Lipinski definition) is 0. The number of ether oxygens (including phenoxy) is 2. The highest BCUT2D eigenvalue weighted by Crippen LogP contribution is 2.26. The largest absolute Gasteiger partial charge is 0.573 e. The second-order valence-electron chi connectivity index (χ2n) is 9.40. The number of benzene rings is 1. The number of carbonyl (C=O) groups is 1. The molecule has 2 aromatic heterocycles. The molecule has 39 heavy (non-hydrogen) atoms. The Kier molecular flexibility index (Phi) is 11.2. The van der Waals surface area contributed by atoms with Crippen LogP contribution in [-0.2, 0) is 16.1 Å². The average Bonchev–Trinajstić information content (AvgIpc) is 2.88. The van der Waals surface area contributed by atoms with Gasteiger partial charge in [-0.3, -0.25) is 9.59 Å². The summed E-state index contributed by atoms with van der Waals surface area (Å²) in [5.41, 5.74) is -0.252. The molecule has 0 saturated heterocycles. The highest BCUT2D eigenvalue weighted by Gasteiger charge is 2.31. The molecule has 10 heteroatoms. The lowest BCUT2D eigenvalue weighted by Gasteiger charge is -2.10. The number of alkyl halides is 3. The minimum Gasteiger partial charge on any atom is -0.466 e. The van der Waals surface area contributed by atoms with Crippen LogP contribution in [0.15, 0.2) is 56.6 Å². The van der Waals surface area contributed by atoms with Crippen LogP contribution in [0.3, 0.4) is 0 Å². The maximum Gasteiger partial charge on any atom is 0.573 e. The molecule has 0 amide bonds. The van der Waals surface area contributed by atoms with E-state index in [4.69, 9.17) is 9.15 Å². The SMILES string of the molecule is CCC(=O)OCCCCCCCCCCCn1cc2cc(-c3ccc(OC(F)(F)F)cc3)c(=O)oc2cc1=O. The van der Waals surface area contributed by atoms with E-state index in [1.165, 1.54) is 18.2 Å². The molecule has 2 heterocycles. The van der Waals surface area contributed by atoms with Gasteiger partial charge in [0.05, 0.1) is 12.2 Å². The summed E-state index contributed by atoms with van der Waals surface area (Å²) in [6.07, 6.45) is 6.65. The van der Waals surface area contributed by atoms with Gasteiger partial charge in [0.15, 0.2) is 0 Å². The maximum atomic E-state index is 12.5. The molecule has 0 spiro atoms. The number of pyridine rings is 1. The van der Waals surface area contributed by atoms with Crippen LogP contribution >= 0.6 is 0 Å². The van der Waals surface area contributed by atoms with Gasteiger partial charge in [-0.2, -0.15) is 0 Å². The lowest BCUT2D eigenvalue weighted by atomic mass is 10.1. The second-order valence-corrected chi connectivity index (χ2v) is 9.40. The van der Waals surface area contributed by atoms with Gasteiger partial charge in [-0.05, 0) is 36.6 Å². The van der Waals surface area contributed by atoms with Crippen molar-refractivity contribution < 1.29 is 31.9 Å². The zero-order valence-electron chi connectivity index (χ0n) is 22.1. The molecule has 3 aromatic rings. The Hall–Kier alpha value is -3.56. The van der Waals surface area contributed by atoms with Crippen LogP contribution in [0.2, 0.25) is 0 Å². The first-order chi connectivity index (χ1) is 18.7. The fourth-order valence-electron chi connectivity index (χ4n) is 4.26. The fourth-order valence-corrected chi connectivity index (χ4v) is 4.26. The second kappa shape index (κ2) is 14.6. The molecule has 3 rings (SSSR count). The highest BCUT2D eigenvalue weighted by atomic mass is 19.4. The summed E-state index contributed by atoms with van der Waals surface area (Å²) >= 11 is 0. The van der Waals surface area contributed by atoms with E-state index in [1.807, 2.05) is 0 Å². The lowest BCUT2D eigenvalue weighted by Crippen LogP contribution is -2.19. The van der Waals surface area contributed by atoms with E-state index in [0.29, 0.717) is 30.5 Å². The van der Waals surface area contributed by atoms with Crippen molar-refractivity contribution in [1.29, 1.82) is 0 Å². The summed E-state index contributed by atoms with van der Waals surface area (Å²) in [5.74, 6) is -0.540. The summed E-state index contributed by atoms with van der Waals surface area (Å²) in [5, 5.41) is 0.546. The fraction of sp³-hybridized carbons (Fsp3) is 0.483. The van der Waals surface area contributed by atoms with E-state index in [9.17, 15) is 27.6 Å². The van der Waals surface area contributed by atoms with E-state index < -0.39 is 17.7 Å². The van der Waals surface area contributed by atoms with Gasteiger partial charge in [0.25, 0.3) is 5.56 Å². The van der Waals surface area contributed by atoms with Crippen LogP contribution in [0, 0.1) is 0 Å². The number of halogens is 3. The van der Waals surface area contributed by atoms with Crippen molar-refractivity contribution in [2.45, 2.75) is 84.0 Å². The third kappa shape index (κ3) is 9.92. The van der Waals surface area contributed by atoms with E-state index in [1.54, 1.807) is 23.8 Å². The molecule has 1 aromatic carbocycles. The average molecular weight is 550 g/mol. The Labute approximate surface area is 224 Å². The Balaban J connectivity index is 1.47. The smallest absolute Gasteiger partial charge is 0.466 e. The van der Waals surface area contributed by atoms with Crippen molar-refractivity contribution in [3.63, 3.8) is 0 Å². The minimum absolute atomic E-state index is 0.149. The minimum atomic E-state index is -4.80. The number of rotatable bonds is 15. The van der Waals surface area contributed by atoms with Crippen molar-refractivity contribution in [2.75, 3.05) is 6.61 Å². The summed E-state index contributed by atoms with van der Waals surface area (Å²) in [7, 11) is 0. The molecule has 0 fully saturated rings. The third-order valence-electron chi connectivity index (χ3n) is 6.33. The first kappa shape index (κ1) is 30.0. The van der Waals surface area contributed by atoms with Crippen LogP contribution < -0.4 is 15.9 Å². The summed E-state index contributed by atoms with van der Waals surface area (Å²) in [6.45, 7) is 2.82. The van der Waals surface area contributed by atoms with E-state index in [0.717, 1.165) is 69.9 Å². The number of aromatic nitrogens is 1. The van der Waals surface area contributed by atoms with Crippen molar-refractivity contribution >= 4 is 16.9 Å². The summed E-state index contributed by atoms with van der Waals surface area (Å²) in [4.78, 5) is 36.0. The molecule has 0 aliphatic heterocycles. The Bertz CT molecular complexity index is 1330. The van der Waals surface area contributed by atoms with Gasteiger partial charge in [0.1, 0.15) is 11.3 Å². The molecule has 0 N–H and O–H groups in total. The van der Waals surface area contributed by atoms with Crippen molar-refractivity contribution in [1.82, 2.24) is 4.57 Å². The number of aryl methyl sites for hydroxylation is 1. The van der Waals surface area contributed by atoms with Gasteiger partial charge < -0.3 is 18.5 Å². The van der Waals surface area contributed by atoms with Gasteiger partial charge in [-0.1, -0.05) is 64.0 Å². The van der Waals surface area contributed by atoms with Crippen LogP contribution in [0.5, 0.6) is 5.75 Å². The van der Waals surface area contributed by atoms with Gasteiger partial charge in [0.2, 0.25) is 0 Å². The standard InChI is InChI=1S/C29H34F3NO6/c1-2-27(35)37-17-11-9-7-5-3-4-6-8-10-16-33-20-22-18-24(28(36)38-25(22)19-26(33)34)21-12-14-23(15-13-21)39-29(30,31)32/h12-15,18-20H,2-11,16-17H2,1H3. The van der Waals surface area contributed by atoms with Crippen LogP contribution in [-0.4, -0.2) is 23.5 Å². The number of unbranched alkanes of at least 4 members (excludes halogenated alkanes) is 8. The van der Waals surface area contributed by atoms with E-state index in [-0.39, 0.29) is 22.7 Å². The number of esters is 1. The molecular formula is C29H34F3NO6. The quantitative estimate of drug-likeness (QED) is 0.150. The Morgan fingerprint density at radius 2 is 1.51 bits per heavy atom. The molecule has 0 radical (unpaired) electrons. The van der Waals surface area contributed by atoms with Crippen LogP contribution in [0.1, 0.15) is 71.1 Å². The predicted molar refractivity (Wildman–Crippen MR) is 142 cm³/mol. The number of fused-ring (bicyclic) bond motifs is 1. The Morgan fingerprint density at radius 3 is 2.13 bits per heavy atom. The summed E-state index contributed by atoms with van der Waals surface area (Å²) < 4.78 is 53.0. The maximum absolute atomic E-state index is 12.5. The molecule has 0 bridgehead atoms. The zero-order valence-corrected chi connectivity index (χ0v) is 22.1. The zero-order chi connectivity index (χ0) is 28.3.